The fourth-order valence-corrected chi connectivity index (χ4v) is 3.33. The van der Waals surface area contributed by atoms with Crippen molar-refractivity contribution in [2.45, 2.75) is 18.8 Å². The van der Waals surface area contributed by atoms with Gasteiger partial charge in [0.15, 0.2) is 0 Å². The SMILES string of the molecule is Nc1nc(-c2ccccc2C2CCc3ccccc32)co1. The summed E-state index contributed by atoms with van der Waals surface area (Å²) in [4.78, 5) is 4.28. The smallest absolute Gasteiger partial charge is 0.292 e. The minimum atomic E-state index is 0.214. The number of aryl methyl sites for hydroxylation is 1. The zero-order valence-corrected chi connectivity index (χ0v) is 11.6. The quantitative estimate of drug-likeness (QED) is 0.769. The Bertz CT molecular complexity index is 791. The Hall–Kier alpha value is -2.55. The van der Waals surface area contributed by atoms with Crippen LogP contribution in [0, 0.1) is 0 Å². The third-order valence-electron chi connectivity index (χ3n) is 4.27. The van der Waals surface area contributed by atoms with Crippen LogP contribution in [0.1, 0.15) is 29.0 Å². The van der Waals surface area contributed by atoms with E-state index in [9.17, 15) is 0 Å². The van der Waals surface area contributed by atoms with E-state index in [2.05, 4.69) is 47.4 Å². The fourth-order valence-electron chi connectivity index (χ4n) is 3.33. The van der Waals surface area contributed by atoms with Crippen LogP contribution < -0.4 is 5.73 Å². The average molecular weight is 276 g/mol. The first-order valence-corrected chi connectivity index (χ1v) is 7.21. The minimum absolute atomic E-state index is 0.214. The first kappa shape index (κ1) is 12.2. The van der Waals surface area contributed by atoms with Gasteiger partial charge in [-0.2, -0.15) is 4.98 Å². The lowest BCUT2D eigenvalue weighted by atomic mass is 9.88. The molecule has 0 amide bonds. The number of rotatable bonds is 2. The molecule has 0 fully saturated rings. The predicted octanol–water partition coefficient (Wildman–Crippen LogP) is 4.00. The first-order chi connectivity index (χ1) is 10.3. The molecule has 0 saturated heterocycles. The van der Waals surface area contributed by atoms with Gasteiger partial charge in [-0.15, -0.1) is 0 Å². The number of nitrogens with zero attached hydrogens (tertiary/aromatic N) is 1. The summed E-state index contributed by atoms with van der Waals surface area (Å²) >= 11 is 0. The Morgan fingerprint density at radius 1 is 1.00 bits per heavy atom. The molecule has 1 aliphatic carbocycles. The van der Waals surface area contributed by atoms with Gasteiger partial charge in [0.2, 0.25) is 0 Å². The second kappa shape index (κ2) is 4.77. The van der Waals surface area contributed by atoms with Gasteiger partial charge in [0.1, 0.15) is 12.0 Å². The molecule has 3 aromatic rings. The van der Waals surface area contributed by atoms with Crippen LogP contribution in [0.25, 0.3) is 11.3 Å². The molecule has 1 atom stereocenters. The van der Waals surface area contributed by atoms with Gasteiger partial charge in [-0.25, -0.2) is 0 Å². The number of hydrogen-bond donors (Lipinski definition) is 1. The Balaban J connectivity index is 1.84. The molecule has 4 rings (SSSR count). The van der Waals surface area contributed by atoms with E-state index in [0.717, 1.165) is 24.1 Å². The zero-order valence-electron chi connectivity index (χ0n) is 11.6. The fraction of sp³-hybridized carbons (Fsp3) is 0.167. The van der Waals surface area contributed by atoms with Crippen molar-refractivity contribution >= 4 is 6.01 Å². The van der Waals surface area contributed by atoms with Gasteiger partial charge in [0.25, 0.3) is 6.01 Å². The summed E-state index contributed by atoms with van der Waals surface area (Å²) in [6.45, 7) is 0. The standard InChI is InChI=1S/C18H16N2O/c19-18-20-17(11-21-18)16-8-4-3-7-14(16)15-10-9-12-5-1-2-6-13(12)15/h1-8,11,15H,9-10H2,(H2,19,20). The molecular weight excluding hydrogens is 260 g/mol. The summed E-state index contributed by atoms with van der Waals surface area (Å²) < 4.78 is 5.17. The van der Waals surface area contributed by atoms with Crippen molar-refractivity contribution in [1.82, 2.24) is 4.98 Å². The number of oxazole rings is 1. The summed E-state index contributed by atoms with van der Waals surface area (Å²) in [5.41, 5.74) is 11.7. The van der Waals surface area contributed by atoms with Gasteiger partial charge < -0.3 is 10.2 Å². The van der Waals surface area contributed by atoms with E-state index in [0.29, 0.717) is 5.92 Å². The monoisotopic (exact) mass is 276 g/mol. The maximum Gasteiger partial charge on any atom is 0.292 e. The third kappa shape index (κ3) is 2.02. The highest BCUT2D eigenvalue weighted by Crippen LogP contribution is 2.41. The normalized spacial score (nSPS) is 16.9. The summed E-state index contributed by atoms with van der Waals surface area (Å²) in [7, 11) is 0. The van der Waals surface area contributed by atoms with E-state index in [4.69, 9.17) is 10.2 Å². The molecule has 0 bridgehead atoms. The number of benzene rings is 2. The maximum absolute atomic E-state index is 5.62. The largest absolute Gasteiger partial charge is 0.432 e. The van der Waals surface area contributed by atoms with E-state index in [1.165, 1.54) is 16.7 Å². The van der Waals surface area contributed by atoms with E-state index in [1.807, 2.05) is 6.07 Å². The van der Waals surface area contributed by atoms with E-state index < -0.39 is 0 Å². The second-order valence-corrected chi connectivity index (χ2v) is 5.45. The van der Waals surface area contributed by atoms with Crippen molar-refractivity contribution in [3.63, 3.8) is 0 Å². The molecule has 104 valence electrons. The lowest BCUT2D eigenvalue weighted by molar-refractivity contribution is 0.581. The Kier molecular flexibility index (Phi) is 2.78. The van der Waals surface area contributed by atoms with E-state index >= 15 is 0 Å². The molecular formula is C18H16N2O. The van der Waals surface area contributed by atoms with E-state index in [1.54, 1.807) is 6.26 Å². The van der Waals surface area contributed by atoms with Crippen molar-refractivity contribution in [2.24, 2.45) is 0 Å². The Morgan fingerprint density at radius 2 is 1.76 bits per heavy atom. The zero-order chi connectivity index (χ0) is 14.2. The van der Waals surface area contributed by atoms with Crippen LogP contribution in [0.15, 0.2) is 59.2 Å². The molecule has 0 aliphatic heterocycles. The number of fused-ring (bicyclic) bond motifs is 1. The van der Waals surface area contributed by atoms with Crippen LogP contribution in [0.4, 0.5) is 6.01 Å². The number of anilines is 1. The van der Waals surface area contributed by atoms with Crippen LogP contribution in [-0.2, 0) is 6.42 Å². The van der Waals surface area contributed by atoms with Crippen LogP contribution in [0.5, 0.6) is 0 Å². The highest BCUT2D eigenvalue weighted by atomic mass is 16.4. The van der Waals surface area contributed by atoms with Gasteiger partial charge in [-0.1, -0.05) is 48.5 Å². The molecule has 0 saturated carbocycles. The number of hydrogen-bond acceptors (Lipinski definition) is 3. The second-order valence-electron chi connectivity index (χ2n) is 5.45. The lowest BCUT2D eigenvalue weighted by Crippen LogP contribution is -1.99. The number of aromatic nitrogens is 1. The highest BCUT2D eigenvalue weighted by Gasteiger charge is 2.26. The molecule has 1 aromatic heterocycles. The molecule has 3 nitrogen and oxygen atoms in total. The van der Waals surface area contributed by atoms with Crippen LogP contribution >= 0.6 is 0 Å². The summed E-state index contributed by atoms with van der Waals surface area (Å²) in [5.74, 6) is 0.426. The molecule has 1 heterocycles. The number of nitrogen functional groups attached to an aromatic ring is 1. The average Bonchev–Trinajstić information content (AvgIpc) is 3.13. The van der Waals surface area contributed by atoms with Crippen molar-refractivity contribution < 1.29 is 4.42 Å². The number of nitrogens with two attached hydrogens (primary N) is 1. The molecule has 2 N–H and O–H groups in total. The van der Waals surface area contributed by atoms with Crippen molar-refractivity contribution in [3.05, 3.63) is 71.5 Å². The molecule has 1 aliphatic rings. The van der Waals surface area contributed by atoms with Crippen molar-refractivity contribution in [1.29, 1.82) is 0 Å². The van der Waals surface area contributed by atoms with Gasteiger partial charge in [0, 0.05) is 11.5 Å². The lowest BCUT2D eigenvalue weighted by Gasteiger charge is -2.15. The van der Waals surface area contributed by atoms with Gasteiger partial charge >= 0.3 is 0 Å². The maximum atomic E-state index is 5.62. The van der Waals surface area contributed by atoms with Gasteiger partial charge in [-0.05, 0) is 29.5 Å². The predicted molar refractivity (Wildman–Crippen MR) is 83.0 cm³/mol. The summed E-state index contributed by atoms with van der Waals surface area (Å²) in [5, 5.41) is 0. The van der Waals surface area contributed by atoms with E-state index in [-0.39, 0.29) is 6.01 Å². The van der Waals surface area contributed by atoms with Crippen molar-refractivity contribution in [2.75, 3.05) is 5.73 Å². The minimum Gasteiger partial charge on any atom is -0.432 e. The topological polar surface area (TPSA) is 52.0 Å². The highest BCUT2D eigenvalue weighted by molar-refractivity contribution is 5.66. The molecule has 1 unspecified atom stereocenters. The molecule has 21 heavy (non-hydrogen) atoms. The van der Waals surface area contributed by atoms with Crippen LogP contribution in [0.2, 0.25) is 0 Å². The molecule has 0 spiro atoms. The third-order valence-corrected chi connectivity index (χ3v) is 4.27. The Morgan fingerprint density at radius 3 is 2.57 bits per heavy atom. The van der Waals surface area contributed by atoms with Crippen LogP contribution in [-0.4, -0.2) is 4.98 Å². The Labute approximate surface area is 123 Å². The molecule has 3 heteroatoms. The molecule has 2 aromatic carbocycles. The molecule has 0 radical (unpaired) electrons. The van der Waals surface area contributed by atoms with Gasteiger partial charge in [-0.3, -0.25) is 0 Å². The first-order valence-electron chi connectivity index (χ1n) is 7.21. The summed E-state index contributed by atoms with van der Waals surface area (Å²) in [6.07, 6.45) is 3.91. The summed E-state index contributed by atoms with van der Waals surface area (Å²) in [6, 6.07) is 17.3. The van der Waals surface area contributed by atoms with Gasteiger partial charge in [0.05, 0.1) is 0 Å². The van der Waals surface area contributed by atoms with Crippen LogP contribution in [0.3, 0.4) is 0 Å². The van der Waals surface area contributed by atoms with Crippen molar-refractivity contribution in [3.8, 4) is 11.3 Å².